The summed E-state index contributed by atoms with van der Waals surface area (Å²) in [5.41, 5.74) is 6.02. The number of likely N-dealkylation sites (N-methyl/N-ethyl adjacent to an activating group) is 1. The summed E-state index contributed by atoms with van der Waals surface area (Å²) in [5.74, 6) is 0.597. The van der Waals surface area contributed by atoms with Crippen LogP contribution in [0.4, 0.5) is 0 Å². The van der Waals surface area contributed by atoms with Crippen molar-refractivity contribution in [2.24, 2.45) is 11.7 Å². The van der Waals surface area contributed by atoms with Gasteiger partial charge in [0.05, 0.1) is 0 Å². The largest absolute Gasteiger partial charge is 0.329 e. The first-order valence-corrected chi connectivity index (χ1v) is 5.37. The third-order valence-corrected chi connectivity index (χ3v) is 3.28. The smallest absolute Gasteiger partial charge is 0.0329 e. The number of hydrogen-bond acceptors (Lipinski definition) is 2. The molecule has 0 rings (SSSR count). The Morgan fingerprint density at radius 2 is 1.69 bits per heavy atom. The summed E-state index contributed by atoms with van der Waals surface area (Å²) in [6, 6.07) is 0.570. The van der Waals surface area contributed by atoms with Crippen molar-refractivity contribution in [1.82, 2.24) is 4.90 Å². The third-order valence-electron chi connectivity index (χ3n) is 3.28. The molecule has 0 aliphatic heterocycles. The minimum absolute atomic E-state index is 0.142. The van der Waals surface area contributed by atoms with Crippen LogP contribution in [-0.4, -0.2) is 29.6 Å². The molecular formula is C11H26N2. The first-order valence-electron chi connectivity index (χ1n) is 5.37. The highest BCUT2D eigenvalue weighted by Crippen LogP contribution is 2.25. The van der Waals surface area contributed by atoms with E-state index >= 15 is 0 Å². The predicted molar refractivity (Wildman–Crippen MR) is 59.8 cm³/mol. The molecule has 0 bridgehead atoms. The van der Waals surface area contributed by atoms with E-state index in [1.54, 1.807) is 0 Å². The summed E-state index contributed by atoms with van der Waals surface area (Å²) in [5, 5.41) is 0. The molecule has 13 heavy (non-hydrogen) atoms. The number of nitrogens with zero attached hydrogens (tertiary/aromatic N) is 1. The Balaban J connectivity index is 4.69. The molecule has 0 amide bonds. The van der Waals surface area contributed by atoms with E-state index in [9.17, 15) is 0 Å². The molecule has 0 heterocycles. The third kappa shape index (κ3) is 2.68. The van der Waals surface area contributed by atoms with E-state index in [-0.39, 0.29) is 5.54 Å². The van der Waals surface area contributed by atoms with E-state index in [1.807, 2.05) is 0 Å². The average molecular weight is 186 g/mol. The van der Waals surface area contributed by atoms with Crippen LogP contribution in [0.25, 0.3) is 0 Å². The summed E-state index contributed by atoms with van der Waals surface area (Å²) in [6.45, 7) is 15.2. The molecule has 0 fully saturated rings. The molecule has 1 atom stereocenters. The van der Waals surface area contributed by atoms with E-state index in [4.69, 9.17) is 5.73 Å². The fraction of sp³-hybridized carbons (Fsp3) is 1.00. The Hall–Kier alpha value is -0.0800. The van der Waals surface area contributed by atoms with E-state index < -0.39 is 0 Å². The monoisotopic (exact) mass is 186 g/mol. The van der Waals surface area contributed by atoms with E-state index in [0.29, 0.717) is 12.0 Å². The Morgan fingerprint density at radius 1 is 1.23 bits per heavy atom. The Bertz CT molecular complexity index is 143. The highest BCUT2D eigenvalue weighted by Gasteiger charge is 2.34. The van der Waals surface area contributed by atoms with Crippen molar-refractivity contribution in [2.45, 2.75) is 53.1 Å². The first-order chi connectivity index (χ1) is 5.90. The summed E-state index contributed by atoms with van der Waals surface area (Å²) in [6.07, 6.45) is 0. The van der Waals surface area contributed by atoms with Crippen LogP contribution in [0.2, 0.25) is 0 Å². The van der Waals surface area contributed by atoms with Gasteiger partial charge in [0, 0.05) is 18.1 Å². The van der Waals surface area contributed by atoms with Crippen LogP contribution in [0, 0.1) is 5.92 Å². The second kappa shape index (κ2) is 4.97. The number of nitrogens with two attached hydrogens (primary N) is 1. The lowest BCUT2D eigenvalue weighted by atomic mass is 9.85. The van der Waals surface area contributed by atoms with Gasteiger partial charge in [0.15, 0.2) is 0 Å². The van der Waals surface area contributed by atoms with E-state index in [1.165, 1.54) is 0 Å². The second-order valence-corrected chi connectivity index (χ2v) is 4.60. The molecule has 0 radical (unpaired) electrons. The maximum Gasteiger partial charge on any atom is 0.0329 e. The molecule has 0 aromatic rings. The Kier molecular flexibility index (Phi) is 4.93. The molecule has 2 heteroatoms. The lowest BCUT2D eigenvalue weighted by Crippen LogP contribution is -2.57. The SMILES string of the molecule is CCN(C(C)C)C(C)(CN)C(C)C. The zero-order chi connectivity index (χ0) is 10.6. The quantitative estimate of drug-likeness (QED) is 0.712. The van der Waals surface area contributed by atoms with Gasteiger partial charge in [-0.3, -0.25) is 4.90 Å². The predicted octanol–water partition coefficient (Wildman–Crippen LogP) is 2.09. The number of rotatable bonds is 5. The van der Waals surface area contributed by atoms with Crippen molar-refractivity contribution in [3.63, 3.8) is 0 Å². The van der Waals surface area contributed by atoms with Crippen LogP contribution in [0.15, 0.2) is 0 Å². The molecule has 0 aliphatic rings. The van der Waals surface area contributed by atoms with Gasteiger partial charge in [-0.05, 0) is 33.2 Å². The maximum absolute atomic E-state index is 5.88. The van der Waals surface area contributed by atoms with Crippen LogP contribution in [-0.2, 0) is 0 Å². The van der Waals surface area contributed by atoms with Crippen LogP contribution in [0.1, 0.15) is 41.5 Å². The van der Waals surface area contributed by atoms with Gasteiger partial charge in [-0.2, -0.15) is 0 Å². The van der Waals surface area contributed by atoms with Crippen LogP contribution >= 0.6 is 0 Å². The maximum atomic E-state index is 5.88. The minimum atomic E-state index is 0.142. The summed E-state index contributed by atoms with van der Waals surface area (Å²) in [7, 11) is 0. The average Bonchev–Trinajstić information content (AvgIpc) is 2.04. The summed E-state index contributed by atoms with van der Waals surface area (Å²) in [4.78, 5) is 2.48. The summed E-state index contributed by atoms with van der Waals surface area (Å²) >= 11 is 0. The fourth-order valence-electron chi connectivity index (χ4n) is 2.00. The fourth-order valence-corrected chi connectivity index (χ4v) is 2.00. The van der Waals surface area contributed by atoms with E-state index in [0.717, 1.165) is 13.1 Å². The number of hydrogen-bond donors (Lipinski definition) is 1. The van der Waals surface area contributed by atoms with Crippen molar-refractivity contribution >= 4 is 0 Å². The minimum Gasteiger partial charge on any atom is -0.329 e. The van der Waals surface area contributed by atoms with Crippen LogP contribution in [0.3, 0.4) is 0 Å². The van der Waals surface area contributed by atoms with Crippen molar-refractivity contribution in [3.8, 4) is 0 Å². The van der Waals surface area contributed by atoms with Gasteiger partial charge < -0.3 is 5.73 Å². The lowest BCUT2D eigenvalue weighted by Gasteiger charge is -2.45. The van der Waals surface area contributed by atoms with Crippen molar-refractivity contribution < 1.29 is 0 Å². The second-order valence-electron chi connectivity index (χ2n) is 4.60. The highest BCUT2D eigenvalue weighted by molar-refractivity contribution is 4.91. The zero-order valence-corrected chi connectivity index (χ0v) is 10.1. The van der Waals surface area contributed by atoms with Gasteiger partial charge in [-0.15, -0.1) is 0 Å². The van der Waals surface area contributed by atoms with Gasteiger partial charge in [-0.25, -0.2) is 0 Å². The zero-order valence-electron chi connectivity index (χ0n) is 10.1. The van der Waals surface area contributed by atoms with Crippen molar-refractivity contribution in [3.05, 3.63) is 0 Å². The lowest BCUT2D eigenvalue weighted by molar-refractivity contribution is 0.0439. The van der Waals surface area contributed by atoms with Gasteiger partial charge >= 0.3 is 0 Å². The first kappa shape index (κ1) is 12.9. The molecule has 1 unspecified atom stereocenters. The van der Waals surface area contributed by atoms with E-state index in [2.05, 4.69) is 46.4 Å². The van der Waals surface area contributed by atoms with Crippen molar-refractivity contribution in [2.75, 3.05) is 13.1 Å². The molecule has 0 aliphatic carbocycles. The standard InChI is InChI=1S/C11H26N2/c1-7-13(10(4)5)11(6,8-12)9(2)3/h9-10H,7-8,12H2,1-6H3. The molecule has 0 saturated heterocycles. The summed E-state index contributed by atoms with van der Waals surface area (Å²) < 4.78 is 0. The van der Waals surface area contributed by atoms with Crippen molar-refractivity contribution in [1.29, 1.82) is 0 Å². The topological polar surface area (TPSA) is 29.3 Å². The molecule has 0 aromatic heterocycles. The molecule has 2 nitrogen and oxygen atoms in total. The van der Waals surface area contributed by atoms with Gasteiger partial charge in [0.25, 0.3) is 0 Å². The normalized spacial score (nSPS) is 17.1. The van der Waals surface area contributed by atoms with Crippen LogP contribution in [0.5, 0.6) is 0 Å². The van der Waals surface area contributed by atoms with Gasteiger partial charge in [0.2, 0.25) is 0 Å². The highest BCUT2D eigenvalue weighted by atomic mass is 15.2. The Morgan fingerprint density at radius 3 is 1.77 bits per heavy atom. The van der Waals surface area contributed by atoms with Gasteiger partial charge in [0.1, 0.15) is 0 Å². The molecule has 0 spiro atoms. The molecule has 0 saturated carbocycles. The molecule has 80 valence electrons. The Labute approximate surface area is 83.5 Å². The molecule has 2 N–H and O–H groups in total. The molecular weight excluding hydrogens is 160 g/mol. The van der Waals surface area contributed by atoms with Crippen LogP contribution < -0.4 is 5.73 Å². The molecule has 0 aromatic carbocycles. The van der Waals surface area contributed by atoms with Gasteiger partial charge in [-0.1, -0.05) is 20.8 Å².